The second-order valence-corrected chi connectivity index (χ2v) is 6.78. The van der Waals surface area contributed by atoms with Crippen LogP contribution in [-0.2, 0) is 22.5 Å². The lowest BCUT2D eigenvalue weighted by atomic mass is 10.2. The van der Waals surface area contributed by atoms with E-state index in [1.807, 2.05) is 6.92 Å². The summed E-state index contributed by atoms with van der Waals surface area (Å²) in [5, 5.41) is 5.53. The fourth-order valence-electron chi connectivity index (χ4n) is 2.18. The van der Waals surface area contributed by atoms with E-state index in [0.717, 1.165) is 5.01 Å². The Balaban J connectivity index is 1.70. The molecule has 0 saturated carbocycles. The molecule has 0 amide bonds. The Bertz CT molecular complexity index is 968. The number of rotatable bonds is 7. The highest BCUT2D eigenvalue weighted by Gasteiger charge is 2.12. The molecule has 0 N–H and O–H groups in total. The molecule has 2 aromatic heterocycles. The summed E-state index contributed by atoms with van der Waals surface area (Å²) in [6.45, 7) is 2.99. The highest BCUT2D eigenvalue weighted by Crippen LogP contribution is 2.14. The topological polar surface area (TPSA) is 82.8 Å². The van der Waals surface area contributed by atoms with E-state index < -0.39 is 5.97 Å². The van der Waals surface area contributed by atoms with Gasteiger partial charge in [0.1, 0.15) is 11.6 Å². The number of benzene rings is 1. The zero-order valence-corrected chi connectivity index (χ0v) is 15.5. The molecule has 26 heavy (non-hydrogen) atoms. The number of ether oxygens (including phenoxy) is 2. The number of nitrogens with zero attached hydrogens (tertiary/aromatic N) is 3. The summed E-state index contributed by atoms with van der Waals surface area (Å²) in [5.74, 6) is -0.509. The lowest BCUT2D eigenvalue weighted by Gasteiger charge is -2.04. The SMILES string of the molecule is CCOCCc1nn2c(=O)cc(COC(=O)c3ccc(Cl)cc3)nc2s1. The fourth-order valence-corrected chi connectivity index (χ4v) is 3.21. The molecule has 0 aliphatic heterocycles. The van der Waals surface area contributed by atoms with Crippen molar-refractivity contribution in [2.75, 3.05) is 13.2 Å². The third kappa shape index (κ3) is 4.46. The number of esters is 1. The zero-order chi connectivity index (χ0) is 18.5. The lowest BCUT2D eigenvalue weighted by Crippen LogP contribution is -2.16. The Morgan fingerprint density at radius 2 is 2.08 bits per heavy atom. The average molecular weight is 394 g/mol. The van der Waals surface area contributed by atoms with Gasteiger partial charge in [0.15, 0.2) is 0 Å². The summed E-state index contributed by atoms with van der Waals surface area (Å²) in [7, 11) is 0. The van der Waals surface area contributed by atoms with Crippen molar-refractivity contribution in [2.24, 2.45) is 0 Å². The van der Waals surface area contributed by atoms with Gasteiger partial charge >= 0.3 is 5.97 Å². The van der Waals surface area contributed by atoms with Crippen LogP contribution in [0.4, 0.5) is 0 Å². The summed E-state index contributed by atoms with van der Waals surface area (Å²) in [5.41, 5.74) is 0.437. The minimum Gasteiger partial charge on any atom is -0.456 e. The predicted molar refractivity (Wildman–Crippen MR) is 97.9 cm³/mol. The Kier molecular flexibility index (Phi) is 5.97. The maximum Gasteiger partial charge on any atom is 0.338 e. The first-order chi connectivity index (χ1) is 12.6. The maximum atomic E-state index is 12.2. The number of carbonyl (C=O) groups excluding carboxylic acids is 1. The Hall–Kier alpha value is -2.29. The Labute approximate surface area is 158 Å². The Morgan fingerprint density at radius 3 is 2.81 bits per heavy atom. The van der Waals surface area contributed by atoms with Crippen LogP contribution in [-0.4, -0.2) is 33.8 Å². The van der Waals surface area contributed by atoms with E-state index in [4.69, 9.17) is 21.1 Å². The van der Waals surface area contributed by atoms with E-state index in [1.54, 1.807) is 24.3 Å². The largest absolute Gasteiger partial charge is 0.456 e. The molecule has 0 spiro atoms. The van der Waals surface area contributed by atoms with E-state index in [9.17, 15) is 9.59 Å². The molecule has 0 atom stereocenters. The van der Waals surface area contributed by atoms with Crippen molar-refractivity contribution < 1.29 is 14.3 Å². The minimum absolute atomic E-state index is 0.0978. The molecule has 0 bridgehead atoms. The quantitative estimate of drug-likeness (QED) is 0.453. The highest BCUT2D eigenvalue weighted by molar-refractivity contribution is 7.16. The molecule has 0 radical (unpaired) electrons. The van der Waals surface area contributed by atoms with Crippen molar-refractivity contribution in [1.82, 2.24) is 14.6 Å². The van der Waals surface area contributed by atoms with Crippen LogP contribution in [0, 0.1) is 0 Å². The first-order valence-corrected chi connectivity index (χ1v) is 9.15. The average Bonchev–Trinajstić information content (AvgIpc) is 3.04. The van der Waals surface area contributed by atoms with E-state index in [0.29, 0.717) is 40.9 Å². The molecule has 3 aromatic rings. The smallest absolute Gasteiger partial charge is 0.338 e. The van der Waals surface area contributed by atoms with Crippen molar-refractivity contribution in [3.63, 3.8) is 0 Å². The van der Waals surface area contributed by atoms with E-state index in [-0.39, 0.29) is 12.2 Å². The van der Waals surface area contributed by atoms with Gasteiger partial charge in [-0.05, 0) is 31.2 Å². The third-order valence-corrected chi connectivity index (χ3v) is 4.66. The van der Waals surface area contributed by atoms with E-state index in [1.165, 1.54) is 21.9 Å². The molecule has 0 saturated heterocycles. The van der Waals surface area contributed by atoms with E-state index >= 15 is 0 Å². The molecule has 9 heteroatoms. The van der Waals surface area contributed by atoms with Gasteiger partial charge in [-0.3, -0.25) is 4.79 Å². The number of halogens is 1. The van der Waals surface area contributed by atoms with Crippen LogP contribution >= 0.6 is 22.9 Å². The van der Waals surface area contributed by atoms with Crippen molar-refractivity contribution in [3.05, 3.63) is 62.0 Å². The summed E-state index contributed by atoms with van der Waals surface area (Å²) >= 11 is 7.11. The number of hydrogen-bond donors (Lipinski definition) is 0. The highest BCUT2D eigenvalue weighted by atomic mass is 35.5. The summed E-state index contributed by atoms with van der Waals surface area (Å²) in [6.07, 6.45) is 0.613. The van der Waals surface area contributed by atoms with Gasteiger partial charge in [0.25, 0.3) is 5.56 Å². The van der Waals surface area contributed by atoms with Crippen molar-refractivity contribution >= 4 is 33.9 Å². The maximum absolute atomic E-state index is 12.2. The molecule has 0 fully saturated rings. The van der Waals surface area contributed by atoms with Crippen molar-refractivity contribution in [2.45, 2.75) is 20.0 Å². The van der Waals surface area contributed by atoms with Crippen molar-refractivity contribution in [1.29, 1.82) is 0 Å². The molecular weight excluding hydrogens is 378 g/mol. The standard InChI is InChI=1S/C17H16ClN3O4S/c1-2-24-8-7-14-20-21-15(22)9-13(19-17(21)26-14)10-25-16(23)11-3-5-12(18)6-4-11/h3-6,9H,2,7-8,10H2,1H3. The van der Waals surface area contributed by atoms with Crippen molar-refractivity contribution in [3.8, 4) is 0 Å². The molecule has 0 unspecified atom stereocenters. The van der Waals surface area contributed by atoms with Crippen LogP contribution in [0.25, 0.3) is 4.96 Å². The fraction of sp³-hybridized carbons (Fsp3) is 0.294. The summed E-state index contributed by atoms with van der Waals surface area (Å²) < 4.78 is 11.8. The normalized spacial score (nSPS) is 11.0. The monoisotopic (exact) mass is 393 g/mol. The van der Waals surface area contributed by atoms with Gasteiger partial charge in [0.2, 0.25) is 4.96 Å². The van der Waals surface area contributed by atoms with E-state index in [2.05, 4.69) is 10.1 Å². The van der Waals surface area contributed by atoms with Gasteiger partial charge < -0.3 is 9.47 Å². The second-order valence-electron chi connectivity index (χ2n) is 5.31. The number of aromatic nitrogens is 3. The summed E-state index contributed by atoms with van der Waals surface area (Å²) in [4.78, 5) is 29.0. The van der Waals surface area contributed by atoms with Crippen LogP contribution in [0.3, 0.4) is 0 Å². The molecule has 2 heterocycles. The lowest BCUT2D eigenvalue weighted by molar-refractivity contribution is 0.0468. The zero-order valence-electron chi connectivity index (χ0n) is 14.0. The van der Waals surface area contributed by atoms with Gasteiger partial charge in [0, 0.05) is 24.1 Å². The van der Waals surface area contributed by atoms with Gasteiger partial charge in [0.05, 0.1) is 17.9 Å². The van der Waals surface area contributed by atoms with Gasteiger partial charge in [-0.1, -0.05) is 22.9 Å². The van der Waals surface area contributed by atoms with Crippen LogP contribution in [0.2, 0.25) is 5.02 Å². The van der Waals surface area contributed by atoms with Crippen LogP contribution in [0.1, 0.15) is 28.0 Å². The van der Waals surface area contributed by atoms with Gasteiger partial charge in [-0.25, -0.2) is 9.78 Å². The van der Waals surface area contributed by atoms with Gasteiger partial charge in [-0.15, -0.1) is 0 Å². The summed E-state index contributed by atoms with van der Waals surface area (Å²) in [6, 6.07) is 7.67. The second kappa shape index (κ2) is 8.39. The minimum atomic E-state index is -0.509. The van der Waals surface area contributed by atoms with Crippen LogP contribution in [0.5, 0.6) is 0 Å². The molecule has 0 aliphatic rings. The number of carbonyl (C=O) groups is 1. The molecule has 7 nitrogen and oxygen atoms in total. The first kappa shape index (κ1) is 18.5. The first-order valence-electron chi connectivity index (χ1n) is 7.96. The number of hydrogen-bond acceptors (Lipinski definition) is 7. The van der Waals surface area contributed by atoms with Crippen LogP contribution in [0.15, 0.2) is 35.1 Å². The molecule has 3 rings (SSSR count). The van der Waals surface area contributed by atoms with Gasteiger partial charge in [-0.2, -0.15) is 9.61 Å². The Morgan fingerprint density at radius 1 is 1.31 bits per heavy atom. The molecular formula is C17H16ClN3O4S. The number of fused-ring (bicyclic) bond motifs is 1. The molecule has 1 aromatic carbocycles. The molecule has 0 aliphatic carbocycles. The van der Waals surface area contributed by atoms with Crippen LogP contribution < -0.4 is 5.56 Å². The molecule has 136 valence electrons. The predicted octanol–water partition coefficient (Wildman–Crippen LogP) is 2.74. The third-order valence-electron chi connectivity index (χ3n) is 3.44.